The molecule has 0 spiro atoms. The summed E-state index contributed by atoms with van der Waals surface area (Å²) < 4.78 is 82.5. The summed E-state index contributed by atoms with van der Waals surface area (Å²) in [4.78, 5) is 2.47. The van der Waals surface area contributed by atoms with E-state index in [1.165, 1.54) is 56.4 Å². The molecular weight excluding hydrogens is 500 g/mol. The molecule has 4 aromatic rings. The number of benzene rings is 3. The van der Waals surface area contributed by atoms with Crippen molar-refractivity contribution in [1.82, 2.24) is 4.98 Å². The zero-order chi connectivity index (χ0) is 25.7. The number of aromatic hydroxyl groups is 1. The largest absolute Gasteiger partial charge is 0.504 e. The van der Waals surface area contributed by atoms with E-state index in [9.17, 15) is 30.7 Å². The highest BCUT2D eigenvalue weighted by Gasteiger charge is 2.34. The molecule has 0 saturated carbocycles. The number of phenolic OH excluding ortho intramolecular Hbond substituents is 1. The number of hydrogen-bond donors (Lipinski definition) is 2. The van der Waals surface area contributed by atoms with Crippen molar-refractivity contribution in [3.05, 3.63) is 83.6 Å². The number of nitrogens with zero attached hydrogens (tertiary/aromatic N) is 2. The number of phenols is 1. The number of sulfonamides is 2. The Labute approximate surface area is 200 Å². The highest BCUT2D eigenvalue weighted by atomic mass is 32.2. The molecule has 0 radical (unpaired) electrons. The van der Waals surface area contributed by atoms with E-state index in [0.29, 0.717) is 6.07 Å². The van der Waals surface area contributed by atoms with Gasteiger partial charge in [0.25, 0.3) is 10.0 Å². The van der Waals surface area contributed by atoms with E-state index in [2.05, 4.69) is 4.98 Å². The molecular formula is C23H19F2N3O5S2. The third-order valence-corrected chi connectivity index (χ3v) is 8.23. The first-order valence-corrected chi connectivity index (χ1v) is 13.0. The second-order valence-electron chi connectivity index (χ2n) is 7.70. The molecule has 3 N–H and O–H groups in total. The van der Waals surface area contributed by atoms with Crippen LogP contribution in [0, 0.1) is 25.5 Å². The molecule has 3 aromatic carbocycles. The number of pyridine rings is 1. The number of anilines is 2. The second kappa shape index (κ2) is 8.56. The van der Waals surface area contributed by atoms with Crippen molar-refractivity contribution in [1.29, 1.82) is 0 Å². The van der Waals surface area contributed by atoms with Crippen LogP contribution in [0.5, 0.6) is 5.75 Å². The Hall–Kier alpha value is -3.61. The third-order valence-electron chi connectivity index (χ3n) is 5.53. The fourth-order valence-corrected chi connectivity index (χ4v) is 6.27. The molecule has 12 heteroatoms. The summed E-state index contributed by atoms with van der Waals surface area (Å²) in [5, 5.41) is 15.6. The van der Waals surface area contributed by atoms with E-state index >= 15 is 0 Å². The summed E-state index contributed by atoms with van der Waals surface area (Å²) in [5.41, 5.74) is -0.674. The van der Waals surface area contributed by atoms with Crippen LogP contribution in [0.3, 0.4) is 0 Å². The number of fused-ring (bicyclic) bond motifs is 1. The summed E-state index contributed by atoms with van der Waals surface area (Å²) in [6, 6.07) is 11.0. The average Bonchev–Trinajstić information content (AvgIpc) is 2.79. The van der Waals surface area contributed by atoms with Crippen molar-refractivity contribution >= 4 is 42.3 Å². The van der Waals surface area contributed by atoms with Gasteiger partial charge in [-0.15, -0.1) is 0 Å². The fourth-order valence-electron chi connectivity index (χ4n) is 3.72. The number of aromatic nitrogens is 1. The first-order valence-electron chi connectivity index (χ1n) is 10.0. The standard InChI is InChI=1S/C23H19F2N3O5S2/c1-13-16(24)7-3-9-18(13)28(19-10-4-8-17(25)14(19)2)35(32,33)20-12-21(34(26,30)31)23(29)22-15(20)6-5-11-27-22/h3-12,29H,1-2H3,(H2,26,30,31). The first-order chi connectivity index (χ1) is 16.4. The van der Waals surface area contributed by atoms with Crippen molar-refractivity contribution < 1.29 is 30.7 Å². The molecule has 35 heavy (non-hydrogen) atoms. The Balaban J connectivity index is 2.17. The smallest absolute Gasteiger partial charge is 0.269 e. The molecule has 182 valence electrons. The molecule has 1 aromatic heterocycles. The molecule has 0 unspecified atom stereocenters. The molecule has 1 heterocycles. The van der Waals surface area contributed by atoms with Gasteiger partial charge in [0.15, 0.2) is 5.75 Å². The van der Waals surface area contributed by atoms with Crippen LogP contribution in [0.2, 0.25) is 0 Å². The Morgan fingerprint density at radius 1 is 0.857 bits per heavy atom. The SMILES string of the molecule is Cc1c(F)cccc1N(c1cccc(F)c1C)S(=O)(=O)c1cc(S(N)(=O)=O)c(O)c2ncccc12. The quantitative estimate of drug-likeness (QED) is 0.410. The van der Waals surface area contributed by atoms with Crippen LogP contribution in [0.25, 0.3) is 10.9 Å². The monoisotopic (exact) mass is 519 g/mol. The highest BCUT2D eigenvalue weighted by Crippen LogP contribution is 2.41. The predicted molar refractivity (Wildman–Crippen MR) is 126 cm³/mol. The lowest BCUT2D eigenvalue weighted by atomic mass is 10.1. The second-order valence-corrected chi connectivity index (χ2v) is 11.0. The molecule has 4 rings (SSSR count). The van der Waals surface area contributed by atoms with Crippen LogP contribution in [0.15, 0.2) is 70.6 Å². The van der Waals surface area contributed by atoms with E-state index in [1.54, 1.807) is 0 Å². The van der Waals surface area contributed by atoms with E-state index in [1.807, 2.05) is 0 Å². The number of rotatable bonds is 5. The van der Waals surface area contributed by atoms with Gasteiger partial charge in [0.05, 0.1) is 16.3 Å². The third kappa shape index (κ3) is 4.09. The summed E-state index contributed by atoms with van der Waals surface area (Å²) in [6.07, 6.45) is 1.23. The maximum absolute atomic E-state index is 14.5. The Morgan fingerprint density at radius 3 is 1.91 bits per heavy atom. The van der Waals surface area contributed by atoms with Crippen molar-refractivity contribution in [3.8, 4) is 5.75 Å². The van der Waals surface area contributed by atoms with Gasteiger partial charge in [0.1, 0.15) is 22.0 Å². The molecule has 0 aliphatic rings. The minimum Gasteiger partial charge on any atom is -0.504 e. The summed E-state index contributed by atoms with van der Waals surface area (Å²) in [5.74, 6) is -2.24. The van der Waals surface area contributed by atoms with Gasteiger partial charge in [-0.05, 0) is 56.3 Å². The average molecular weight is 520 g/mol. The van der Waals surface area contributed by atoms with Gasteiger partial charge in [-0.2, -0.15) is 0 Å². The molecule has 0 aliphatic heterocycles. The number of hydrogen-bond acceptors (Lipinski definition) is 6. The zero-order valence-corrected chi connectivity index (χ0v) is 20.0. The van der Waals surface area contributed by atoms with E-state index in [-0.39, 0.29) is 33.4 Å². The minimum absolute atomic E-state index is 0.0485. The lowest BCUT2D eigenvalue weighted by molar-refractivity contribution is 0.463. The Bertz CT molecular complexity index is 1660. The van der Waals surface area contributed by atoms with E-state index in [0.717, 1.165) is 16.4 Å². The summed E-state index contributed by atoms with van der Waals surface area (Å²) in [7, 11) is -9.37. The van der Waals surface area contributed by atoms with Crippen LogP contribution in [0.1, 0.15) is 11.1 Å². The van der Waals surface area contributed by atoms with E-state index < -0.39 is 47.2 Å². The van der Waals surface area contributed by atoms with Crippen LogP contribution in [-0.4, -0.2) is 26.9 Å². The van der Waals surface area contributed by atoms with E-state index in [4.69, 9.17) is 5.14 Å². The predicted octanol–water partition coefficient (Wildman–Crippen LogP) is 4.01. The van der Waals surface area contributed by atoms with Gasteiger partial charge >= 0.3 is 0 Å². The number of halogens is 2. The normalized spacial score (nSPS) is 12.1. The van der Waals surface area contributed by atoms with Crippen molar-refractivity contribution in [3.63, 3.8) is 0 Å². The molecule has 8 nitrogen and oxygen atoms in total. The molecule has 0 fully saturated rings. The Kier molecular flexibility index (Phi) is 5.99. The molecule has 0 aliphatic carbocycles. The van der Waals surface area contributed by atoms with Gasteiger partial charge in [0, 0.05) is 22.7 Å². The van der Waals surface area contributed by atoms with Crippen LogP contribution < -0.4 is 9.44 Å². The van der Waals surface area contributed by atoms with Gasteiger partial charge in [-0.3, -0.25) is 4.98 Å². The molecule has 0 amide bonds. The molecule has 0 bridgehead atoms. The van der Waals surface area contributed by atoms with Gasteiger partial charge in [0.2, 0.25) is 10.0 Å². The minimum atomic E-state index is -4.78. The number of nitrogens with two attached hydrogens (primary N) is 1. The highest BCUT2D eigenvalue weighted by molar-refractivity contribution is 7.93. The lowest BCUT2D eigenvalue weighted by Crippen LogP contribution is -2.29. The van der Waals surface area contributed by atoms with Crippen molar-refractivity contribution in [2.45, 2.75) is 23.6 Å². The zero-order valence-electron chi connectivity index (χ0n) is 18.4. The summed E-state index contributed by atoms with van der Waals surface area (Å²) in [6.45, 7) is 2.71. The molecule has 0 atom stereocenters. The fraction of sp³-hybridized carbons (Fsp3) is 0.0870. The van der Waals surface area contributed by atoms with Gasteiger partial charge in [-0.1, -0.05) is 12.1 Å². The van der Waals surface area contributed by atoms with Gasteiger partial charge < -0.3 is 5.11 Å². The topological polar surface area (TPSA) is 131 Å². The molecule has 0 saturated heterocycles. The lowest BCUT2D eigenvalue weighted by Gasteiger charge is -2.28. The number of primary sulfonamides is 1. The van der Waals surface area contributed by atoms with Gasteiger partial charge in [-0.25, -0.2) is 35.1 Å². The first kappa shape index (κ1) is 24.5. The van der Waals surface area contributed by atoms with Crippen LogP contribution in [-0.2, 0) is 20.0 Å². The maximum atomic E-state index is 14.5. The summed E-state index contributed by atoms with van der Waals surface area (Å²) >= 11 is 0. The Morgan fingerprint density at radius 2 is 1.40 bits per heavy atom. The maximum Gasteiger partial charge on any atom is 0.269 e. The van der Waals surface area contributed by atoms with Crippen LogP contribution in [0.4, 0.5) is 20.2 Å². The van der Waals surface area contributed by atoms with Crippen molar-refractivity contribution in [2.75, 3.05) is 4.31 Å². The van der Waals surface area contributed by atoms with Crippen molar-refractivity contribution in [2.24, 2.45) is 5.14 Å². The van der Waals surface area contributed by atoms with Crippen LogP contribution >= 0.6 is 0 Å².